The summed E-state index contributed by atoms with van der Waals surface area (Å²) in [4.78, 5) is 17.7. The second-order valence-corrected chi connectivity index (χ2v) is 7.73. The first kappa shape index (κ1) is 18.4. The predicted octanol–water partition coefficient (Wildman–Crippen LogP) is 5.07. The highest BCUT2D eigenvalue weighted by molar-refractivity contribution is 6.01. The van der Waals surface area contributed by atoms with E-state index >= 15 is 0 Å². The Labute approximate surface area is 175 Å². The fourth-order valence-electron chi connectivity index (χ4n) is 4.40. The maximum atomic E-state index is 13.4. The van der Waals surface area contributed by atoms with Gasteiger partial charge in [0, 0.05) is 30.1 Å². The Morgan fingerprint density at radius 1 is 0.933 bits per heavy atom. The zero-order valence-corrected chi connectivity index (χ0v) is 16.8. The molecule has 1 aliphatic carbocycles. The van der Waals surface area contributed by atoms with Crippen molar-refractivity contribution in [1.29, 1.82) is 0 Å². The number of rotatable bonds is 3. The van der Waals surface area contributed by atoms with Gasteiger partial charge in [-0.25, -0.2) is 0 Å². The molecule has 0 saturated heterocycles. The highest BCUT2D eigenvalue weighted by Crippen LogP contribution is 2.44. The van der Waals surface area contributed by atoms with Gasteiger partial charge in [0.25, 0.3) is 0 Å². The number of methoxy groups -OCH3 is 1. The van der Waals surface area contributed by atoms with Crippen LogP contribution >= 0.6 is 0 Å². The van der Waals surface area contributed by atoms with Crippen LogP contribution in [0.2, 0.25) is 0 Å². The summed E-state index contributed by atoms with van der Waals surface area (Å²) in [6.45, 7) is 0. The Morgan fingerprint density at radius 2 is 1.73 bits per heavy atom. The predicted molar refractivity (Wildman–Crippen MR) is 118 cm³/mol. The molecule has 0 fully saturated rings. The Balaban J connectivity index is 1.57. The Morgan fingerprint density at radius 3 is 2.47 bits per heavy atom. The molecule has 5 nitrogen and oxygen atoms in total. The van der Waals surface area contributed by atoms with Crippen LogP contribution in [-0.2, 0) is 4.79 Å². The molecule has 2 aliphatic rings. The third-order valence-electron chi connectivity index (χ3n) is 5.91. The Hall–Kier alpha value is -3.60. The zero-order chi connectivity index (χ0) is 20.5. The number of ether oxygens (including phenoxy) is 1. The number of ketones is 1. The van der Waals surface area contributed by atoms with Crippen molar-refractivity contribution in [2.24, 2.45) is 0 Å². The van der Waals surface area contributed by atoms with Crippen LogP contribution in [0.3, 0.4) is 0 Å². The van der Waals surface area contributed by atoms with E-state index in [0.29, 0.717) is 6.42 Å². The summed E-state index contributed by atoms with van der Waals surface area (Å²) in [7, 11) is 1.66. The van der Waals surface area contributed by atoms with E-state index in [9.17, 15) is 4.79 Å². The van der Waals surface area contributed by atoms with Crippen LogP contribution in [0.5, 0.6) is 5.75 Å². The van der Waals surface area contributed by atoms with E-state index in [4.69, 9.17) is 4.74 Å². The van der Waals surface area contributed by atoms with E-state index in [1.807, 2.05) is 54.7 Å². The van der Waals surface area contributed by atoms with Crippen LogP contribution in [0, 0.1) is 0 Å². The van der Waals surface area contributed by atoms with Gasteiger partial charge in [0.15, 0.2) is 5.78 Å². The number of benzene rings is 2. The van der Waals surface area contributed by atoms with Crippen LogP contribution in [-0.4, -0.2) is 17.9 Å². The maximum Gasteiger partial charge on any atom is 0.163 e. The number of Topliss-reactive ketones (excluding diaryl/α,β-unsaturated/α-hetero) is 1. The molecule has 0 saturated carbocycles. The summed E-state index contributed by atoms with van der Waals surface area (Å²) in [6.07, 6.45) is 4.85. The lowest BCUT2D eigenvalue weighted by atomic mass is 9.78. The number of aromatic nitrogens is 1. The molecular formula is C25H23N3O2. The van der Waals surface area contributed by atoms with E-state index in [1.165, 1.54) is 0 Å². The van der Waals surface area contributed by atoms with Gasteiger partial charge in [-0.05, 0) is 53.8 Å². The zero-order valence-electron chi connectivity index (χ0n) is 16.8. The molecular weight excluding hydrogens is 374 g/mol. The van der Waals surface area contributed by atoms with Gasteiger partial charge in [0.05, 0.1) is 24.5 Å². The Kier molecular flexibility index (Phi) is 4.71. The van der Waals surface area contributed by atoms with E-state index in [2.05, 4.69) is 27.8 Å². The highest BCUT2D eigenvalue weighted by Gasteiger charge is 2.36. The quantitative estimate of drug-likeness (QED) is 0.646. The second kappa shape index (κ2) is 7.67. The van der Waals surface area contributed by atoms with E-state index < -0.39 is 0 Å². The first-order chi connectivity index (χ1) is 14.7. The van der Waals surface area contributed by atoms with Gasteiger partial charge in [-0.2, -0.15) is 0 Å². The summed E-state index contributed by atoms with van der Waals surface area (Å²) in [5.41, 5.74) is 5.90. The van der Waals surface area contributed by atoms with Gasteiger partial charge in [-0.1, -0.05) is 30.3 Å². The van der Waals surface area contributed by atoms with Crippen molar-refractivity contribution in [2.45, 2.75) is 24.8 Å². The lowest BCUT2D eigenvalue weighted by molar-refractivity contribution is -0.116. The summed E-state index contributed by atoms with van der Waals surface area (Å²) < 4.78 is 5.28. The topological polar surface area (TPSA) is 63.2 Å². The lowest BCUT2D eigenvalue weighted by Crippen LogP contribution is -2.26. The SMILES string of the molecule is COc1ccc([C@@H]2CC(=O)C3=C(C2)Nc2ccccc2N[C@H]3c2cccnc2)cc1. The van der Waals surface area contributed by atoms with Crippen LogP contribution in [0.1, 0.15) is 35.9 Å². The van der Waals surface area contributed by atoms with Crippen molar-refractivity contribution in [2.75, 3.05) is 17.7 Å². The number of para-hydroxylation sites is 2. The molecule has 0 bridgehead atoms. The number of hydrogen-bond acceptors (Lipinski definition) is 5. The van der Waals surface area contributed by atoms with Gasteiger partial charge in [-0.3, -0.25) is 9.78 Å². The molecule has 2 atom stereocenters. The number of anilines is 2. The average Bonchev–Trinajstić information content (AvgIpc) is 2.96. The molecule has 5 rings (SSSR count). The summed E-state index contributed by atoms with van der Waals surface area (Å²) in [5.74, 6) is 1.12. The van der Waals surface area contributed by atoms with Gasteiger partial charge < -0.3 is 15.4 Å². The monoisotopic (exact) mass is 397 g/mol. The Bertz CT molecular complexity index is 1110. The van der Waals surface area contributed by atoms with Crippen molar-refractivity contribution in [1.82, 2.24) is 4.98 Å². The fourth-order valence-corrected chi connectivity index (χ4v) is 4.40. The van der Waals surface area contributed by atoms with Crippen molar-refractivity contribution in [3.05, 3.63) is 95.5 Å². The minimum absolute atomic E-state index is 0.134. The van der Waals surface area contributed by atoms with E-state index in [-0.39, 0.29) is 17.7 Å². The molecule has 0 spiro atoms. The van der Waals surface area contributed by atoms with Gasteiger partial charge in [-0.15, -0.1) is 0 Å². The number of nitrogens with zero attached hydrogens (tertiary/aromatic N) is 1. The highest BCUT2D eigenvalue weighted by atomic mass is 16.5. The minimum Gasteiger partial charge on any atom is -0.497 e. The van der Waals surface area contributed by atoms with Gasteiger partial charge in [0.1, 0.15) is 5.75 Å². The van der Waals surface area contributed by atoms with Crippen molar-refractivity contribution in [3.63, 3.8) is 0 Å². The molecule has 1 aliphatic heterocycles. The molecule has 150 valence electrons. The summed E-state index contributed by atoms with van der Waals surface area (Å²) in [6, 6.07) is 19.8. The van der Waals surface area contributed by atoms with Gasteiger partial charge >= 0.3 is 0 Å². The normalized spacial score (nSPS) is 20.4. The van der Waals surface area contributed by atoms with Crippen molar-refractivity contribution >= 4 is 17.2 Å². The van der Waals surface area contributed by atoms with Crippen LogP contribution in [0.15, 0.2) is 84.3 Å². The van der Waals surface area contributed by atoms with E-state index in [1.54, 1.807) is 13.3 Å². The molecule has 5 heteroatoms. The van der Waals surface area contributed by atoms with Gasteiger partial charge in [0.2, 0.25) is 0 Å². The standard InChI is InChI=1S/C25H23N3O2/c1-30-19-10-8-16(9-11-19)18-13-22-24(23(29)14-18)25(17-5-4-12-26-15-17)28-21-7-3-2-6-20(21)27-22/h2-12,15,18,25,27-28H,13-14H2,1H3/t18-,25-/m0/s1. The molecule has 0 amide bonds. The molecule has 2 heterocycles. The number of carbonyl (C=O) groups excluding carboxylic acids is 1. The third kappa shape index (κ3) is 3.32. The second-order valence-electron chi connectivity index (χ2n) is 7.73. The lowest BCUT2D eigenvalue weighted by Gasteiger charge is -2.29. The first-order valence-corrected chi connectivity index (χ1v) is 10.2. The number of carbonyl (C=O) groups is 1. The molecule has 2 N–H and O–H groups in total. The number of pyridine rings is 1. The van der Waals surface area contributed by atoms with Crippen LogP contribution in [0.4, 0.5) is 11.4 Å². The smallest absolute Gasteiger partial charge is 0.163 e. The summed E-state index contributed by atoms with van der Waals surface area (Å²) in [5, 5.41) is 7.14. The largest absolute Gasteiger partial charge is 0.497 e. The maximum absolute atomic E-state index is 13.4. The third-order valence-corrected chi connectivity index (χ3v) is 5.91. The fraction of sp³-hybridized carbons (Fsp3) is 0.200. The molecule has 30 heavy (non-hydrogen) atoms. The van der Waals surface area contributed by atoms with Crippen molar-refractivity contribution in [3.8, 4) is 5.75 Å². The molecule has 2 aromatic carbocycles. The molecule has 1 aromatic heterocycles. The van der Waals surface area contributed by atoms with Crippen LogP contribution in [0.25, 0.3) is 0 Å². The average molecular weight is 397 g/mol. The number of nitrogens with one attached hydrogen (secondary N) is 2. The number of fused-ring (bicyclic) bond motifs is 1. The molecule has 0 radical (unpaired) electrons. The first-order valence-electron chi connectivity index (χ1n) is 10.2. The van der Waals surface area contributed by atoms with Crippen molar-refractivity contribution < 1.29 is 9.53 Å². The number of allylic oxidation sites excluding steroid dienone is 1. The van der Waals surface area contributed by atoms with E-state index in [0.717, 1.165) is 45.9 Å². The minimum atomic E-state index is -0.228. The molecule has 3 aromatic rings. The summed E-state index contributed by atoms with van der Waals surface area (Å²) >= 11 is 0. The molecule has 0 unspecified atom stereocenters. The van der Waals surface area contributed by atoms with Crippen LogP contribution < -0.4 is 15.4 Å². The number of hydrogen-bond donors (Lipinski definition) is 2.